The Morgan fingerprint density at radius 2 is 1.79 bits per heavy atom. The quantitative estimate of drug-likeness (QED) is 0.906. The van der Waals surface area contributed by atoms with Crippen molar-refractivity contribution >= 4 is 28.2 Å². The molecule has 0 fully saturated rings. The number of benzene rings is 1. The van der Waals surface area contributed by atoms with Gasteiger partial charge in [0.15, 0.2) is 0 Å². The van der Waals surface area contributed by atoms with Gasteiger partial charge in [0.25, 0.3) is 11.8 Å². The molecule has 0 aliphatic carbocycles. The number of nitrogens with one attached hydrogen (secondary N) is 2. The third-order valence-electron chi connectivity index (χ3n) is 2.47. The van der Waals surface area contributed by atoms with Crippen molar-refractivity contribution in [1.82, 2.24) is 5.32 Å². The Morgan fingerprint density at radius 3 is 2.42 bits per heavy atom. The minimum Gasteiger partial charge on any atom is -0.355 e. The number of hydrogen-bond acceptors (Lipinski definition) is 3. The van der Waals surface area contributed by atoms with Gasteiger partial charge in [-0.25, -0.2) is 4.39 Å². The van der Waals surface area contributed by atoms with Crippen LogP contribution in [0.3, 0.4) is 0 Å². The van der Waals surface area contributed by atoms with Gasteiger partial charge in [-0.3, -0.25) is 9.59 Å². The van der Waals surface area contributed by atoms with Gasteiger partial charge in [-0.2, -0.15) is 0 Å². The molecule has 0 spiro atoms. The highest BCUT2D eigenvalue weighted by molar-refractivity contribution is 7.14. The van der Waals surface area contributed by atoms with E-state index in [1.54, 1.807) is 11.4 Å². The zero-order chi connectivity index (χ0) is 13.8. The summed E-state index contributed by atoms with van der Waals surface area (Å²) in [6.45, 7) is 0. The lowest BCUT2D eigenvalue weighted by molar-refractivity contribution is 0.0964. The Hall–Kier alpha value is -2.21. The molecule has 0 atom stereocenters. The standard InChI is InChI=1S/C13H11FN2O2S/c1-15-12(18)10-6-7-19-13(10)16-11(17)8-2-4-9(14)5-3-8/h2-7H,1H3,(H,15,18)(H,16,17). The van der Waals surface area contributed by atoms with Crippen LogP contribution in [-0.4, -0.2) is 18.9 Å². The Labute approximate surface area is 113 Å². The van der Waals surface area contributed by atoms with Crippen LogP contribution in [0, 0.1) is 5.82 Å². The molecule has 2 N–H and O–H groups in total. The first-order valence-corrected chi connectivity index (χ1v) is 6.36. The second-order valence-corrected chi connectivity index (χ2v) is 4.62. The molecule has 1 aromatic heterocycles. The molecule has 0 saturated carbocycles. The van der Waals surface area contributed by atoms with Crippen LogP contribution in [0.4, 0.5) is 9.39 Å². The Bertz CT molecular complexity index is 607. The average Bonchev–Trinajstić information content (AvgIpc) is 2.86. The fourth-order valence-electron chi connectivity index (χ4n) is 1.50. The molecule has 2 amide bonds. The molecule has 2 aromatic rings. The second-order valence-electron chi connectivity index (χ2n) is 3.70. The van der Waals surface area contributed by atoms with Gasteiger partial charge in [0.2, 0.25) is 0 Å². The van der Waals surface area contributed by atoms with Gasteiger partial charge >= 0.3 is 0 Å². The Kier molecular flexibility index (Phi) is 3.91. The third-order valence-corrected chi connectivity index (χ3v) is 3.30. The number of rotatable bonds is 3. The highest BCUT2D eigenvalue weighted by Crippen LogP contribution is 2.23. The first kappa shape index (κ1) is 13.2. The van der Waals surface area contributed by atoms with E-state index in [1.807, 2.05) is 0 Å². The van der Waals surface area contributed by atoms with Crippen LogP contribution >= 0.6 is 11.3 Å². The van der Waals surface area contributed by atoms with E-state index in [9.17, 15) is 14.0 Å². The van der Waals surface area contributed by atoms with Crippen molar-refractivity contribution in [3.8, 4) is 0 Å². The fourth-order valence-corrected chi connectivity index (χ4v) is 2.28. The maximum Gasteiger partial charge on any atom is 0.256 e. The molecule has 19 heavy (non-hydrogen) atoms. The Morgan fingerprint density at radius 1 is 1.11 bits per heavy atom. The summed E-state index contributed by atoms with van der Waals surface area (Å²) in [5.41, 5.74) is 0.737. The molecule has 0 aliphatic rings. The maximum atomic E-state index is 12.8. The average molecular weight is 278 g/mol. The monoisotopic (exact) mass is 278 g/mol. The summed E-state index contributed by atoms with van der Waals surface area (Å²) in [5.74, 6) is -1.05. The van der Waals surface area contributed by atoms with Gasteiger partial charge in [0, 0.05) is 12.6 Å². The zero-order valence-electron chi connectivity index (χ0n) is 10.1. The molecule has 0 unspecified atom stereocenters. The van der Waals surface area contributed by atoms with Crippen molar-refractivity contribution in [1.29, 1.82) is 0 Å². The van der Waals surface area contributed by atoms with E-state index in [2.05, 4.69) is 10.6 Å². The topological polar surface area (TPSA) is 58.2 Å². The predicted octanol–water partition coefficient (Wildman–Crippen LogP) is 2.50. The molecule has 0 aliphatic heterocycles. The van der Waals surface area contributed by atoms with E-state index >= 15 is 0 Å². The molecular weight excluding hydrogens is 267 g/mol. The summed E-state index contributed by atoms with van der Waals surface area (Å²) < 4.78 is 12.8. The normalized spacial score (nSPS) is 10.0. The van der Waals surface area contributed by atoms with Crippen LogP contribution in [0.15, 0.2) is 35.7 Å². The molecule has 6 heteroatoms. The fraction of sp³-hybridized carbons (Fsp3) is 0.0769. The van der Waals surface area contributed by atoms with Crippen molar-refractivity contribution in [2.45, 2.75) is 0 Å². The molecular formula is C13H11FN2O2S. The maximum absolute atomic E-state index is 12.8. The molecule has 4 nitrogen and oxygen atoms in total. The van der Waals surface area contributed by atoms with Crippen molar-refractivity contribution < 1.29 is 14.0 Å². The predicted molar refractivity (Wildman–Crippen MR) is 72.1 cm³/mol. The SMILES string of the molecule is CNC(=O)c1ccsc1NC(=O)c1ccc(F)cc1. The van der Waals surface area contributed by atoms with Crippen LogP contribution in [0.2, 0.25) is 0 Å². The first-order chi connectivity index (χ1) is 9.11. The lowest BCUT2D eigenvalue weighted by atomic mass is 10.2. The highest BCUT2D eigenvalue weighted by atomic mass is 32.1. The molecule has 98 valence electrons. The van der Waals surface area contributed by atoms with Crippen molar-refractivity contribution in [3.63, 3.8) is 0 Å². The minimum atomic E-state index is -0.404. The number of anilines is 1. The molecule has 1 heterocycles. The summed E-state index contributed by atoms with van der Waals surface area (Å²) in [4.78, 5) is 23.5. The van der Waals surface area contributed by atoms with Crippen LogP contribution in [0.5, 0.6) is 0 Å². The number of carbonyl (C=O) groups excluding carboxylic acids is 2. The van der Waals surface area contributed by atoms with E-state index < -0.39 is 5.82 Å². The molecule has 0 saturated heterocycles. The first-order valence-electron chi connectivity index (χ1n) is 5.48. The van der Waals surface area contributed by atoms with E-state index in [0.717, 1.165) is 0 Å². The van der Waals surface area contributed by atoms with Crippen LogP contribution in [0.25, 0.3) is 0 Å². The molecule has 2 rings (SSSR count). The van der Waals surface area contributed by atoms with Gasteiger partial charge in [-0.15, -0.1) is 11.3 Å². The summed E-state index contributed by atoms with van der Waals surface area (Å²) >= 11 is 1.25. The summed E-state index contributed by atoms with van der Waals surface area (Å²) in [6, 6.07) is 6.82. The highest BCUT2D eigenvalue weighted by Gasteiger charge is 2.14. The number of halogens is 1. The Balaban J connectivity index is 2.17. The van der Waals surface area contributed by atoms with Gasteiger partial charge in [0.05, 0.1) is 5.56 Å². The van der Waals surface area contributed by atoms with Crippen molar-refractivity contribution in [2.24, 2.45) is 0 Å². The summed E-state index contributed by atoms with van der Waals surface area (Å²) in [7, 11) is 1.52. The summed E-state index contributed by atoms with van der Waals surface area (Å²) in [5, 5.41) is 7.31. The number of amides is 2. The van der Waals surface area contributed by atoms with Crippen molar-refractivity contribution in [2.75, 3.05) is 12.4 Å². The van der Waals surface area contributed by atoms with E-state index in [4.69, 9.17) is 0 Å². The van der Waals surface area contributed by atoms with E-state index in [1.165, 1.54) is 42.6 Å². The largest absolute Gasteiger partial charge is 0.355 e. The van der Waals surface area contributed by atoms with Gasteiger partial charge in [0.1, 0.15) is 10.8 Å². The van der Waals surface area contributed by atoms with E-state index in [0.29, 0.717) is 16.1 Å². The van der Waals surface area contributed by atoms with E-state index in [-0.39, 0.29) is 11.8 Å². The van der Waals surface area contributed by atoms with Crippen LogP contribution in [-0.2, 0) is 0 Å². The lowest BCUT2D eigenvalue weighted by Crippen LogP contribution is -2.20. The minimum absolute atomic E-state index is 0.268. The van der Waals surface area contributed by atoms with Crippen LogP contribution in [0.1, 0.15) is 20.7 Å². The molecule has 0 bridgehead atoms. The number of hydrogen-bond donors (Lipinski definition) is 2. The third kappa shape index (κ3) is 2.97. The summed E-state index contributed by atoms with van der Waals surface area (Å²) in [6.07, 6.45) is 0. The van der Waals surface area contributed by atoms with Gasteiger partial charge in [-0.1, -0.05) is 0 Å². The van der Waals surface area contributed by atoms with Gasteiger partial charge < -0.3 is 10.6 Å². The number of thiophene rings is 1. The second kappa shape index (κ2) is 5.62. The molecule has 0 radical (unpaired) electrons. The lowest BCUT2D eigenvalue weighted by Gasteiger charge is -2.05. The number of carbonyl (C=O) groups is 2. The van der Waals surface area contributed by atoms with Crippen molar-refractivity contribution in [3.05, 3.63) is 52.7 Å². The smallest absolute Gasteiger partial charge is 0.256 e. The van der Waals surface area contributed by atoms with Gasteiger partial charge in [-0.05, 0) is 35.7 Å². The molecule has 1 aromatic carbocycles. The van der Waals surface area contributed by atoms with Crippen LogP contribution < -0.4 is 10.6 Å². The zero-order valence-corrected chi connectivity index (χ0v) is 10.9.